The summed E-state index contributed by atoms with van der Waals surface area (Å²) in [6, 6.07) is 14.4. The Bertz CT molecular complexity index is 2220. The molecule has 0 spiro atoms. The Kier molecular flexibility index (Phi) is 45.2. The number of nitrogens with zero attached hydrogens (tertiary/aromatic N) is 2. The molecule has 2 saturated heterocycles. The number of carbonyl (C=O) groups is 5. The van der Waals surface area contributed by atoms with Crippen LogP contribution in [0.15, 0.2) is 48.5 Å². The molecular formula is C79H130N2O10S2. The van der Waals surface area contributed by atoms with Gasteiger partial charge in [0.05, 0.1) is 26.1 Å². The standard InChI is InChI=1S/C79H130N2O10S2/c1-4-7-10-13-18-25-32-70-65-71(70)33-26-19-16-22-29-37-76(83)90-73-43-39-68(40-44-73)63-78(85)87-59-51-66-47-53-80(54-48-66)57-61-92-93-62-58-81-55-49-67(50-56-81)52-60-88-79(86)64-69-41-45-74(46-42-69)91-77(84)38-31-24-17-23-30-36-75(82)89-72(34-27-20-14-11-8-5-2)35-28-21-15-12-9-6-3/h39-46,66-67,70-72H,4-38,47-65H2,1-3H3. The molecule has 5 rings (SSSR count). The second-order valence-corrected chi connectivity index (χ2v) is 30.6. The summed E-state index contributed by atoms with van der Waals surface area (Å²) >= 11 is 0. The van der Waals surface area contributed by atoms with Crippen molar-refractivity contribution in [1.82, 2.24) is 9.80 Å². The van der Waals surface area contributed by atoms with E-state index >= 15 is 0 Å². The number of likely N-dealkylation sites (tertiary alicyclic amines) is 2. The Morgan fingerprint density at radius 2 is 0.753 bits per heavy atom. The van der Waals surface area contributed by atoms with Gasteiger partial charge in [-0.2, -0.15) is 0 Å². The molecule has 0 radical (unpaired) electrons. The largest absolute Gasteiger partial charge is 0.465 e. The number of hydrogen-bond donors (Lipinski definition) is 0. The van der Waals surface area contributed by atoms with E-state index in [9.17, 15) is 24.0 Å². The molecule has 2 aromatic rings. The first-order valence-electron chi connectivity index (χ1n) is 38.4. The van der Waals surface area contributed by atoms with E-state index in [0.29, 0.717) is 55.8 Å². The first-order chi connectivity index (χ1) is 45.6. The van der Waals surface area contributed by atoms with Crippen molar-refractivity contribution in [1.29, 1.82) is 0 Å². The molecule has 2 aromatic carbocycles. The highest BCUT2D eigenvalue weighted by atomic mass is 33.1. The molecule has 12 nitrogen and oxygen atoms in total. The average molecular weight is 1330 g/mol. The molecule has 1 saturated carbocycles. The molecule has 2 aliphatic heterocycles. The van der Waals surface area contributed by atoms with Crippen LogP contribution >= 0.6 is 21.6 Å². The van der Waals surface area contributed by atoms with Gasteiger partial charge in [-0.25, -0.2) is 0 Å². The lowest BCUT2D eigenvalue weighted by Gasteiger charge is -2.32. The maximum Gasteiger partial charge on any atom is 0.311 e. The van der Waals surface area contributed by atoms with Crippen LogP contribution < -0.4 is 9.47 Å². The number of piperidine rings is 2. The number of ether oxygens (including phenoxy) is 5. The molecule has 0 aromatic heterocycles. The second-order valence-electron chi connectivity index (χ2n) is 27.9. The monoisotopic (exact) mass is 1330 g/mol. The zero-order valence-corrected chi connectivity index (χ0v) is 60.6. The molecule has 14 heteroatoms. The Morgan fingerprint density at radius 3 is 1.14 bits per heavy atom. The quantitative estimate of drug-likeness (QED) is 0.0204. The van der Waals surface area contributed by atoms with Crippen molar-refractivity contribution in [3.63, 3.8) is 0 Å². The molecule has 93 heavy (non-hydrogen) atoms. The molecule has 0 amide bonds. The van der Waals surface area contributed by atoms with Crippen molar-refractivity contribution >= 4 is 51.4 Å². The number of esters is 5. The highest BCUT2D eigenvalue weighted by Crippen LogP contribution is 2.46. The van der Waals surface area contributed by atoms with E-state index in [1.54, 1.807) is 24.3 Å². The van der Waals surface area contributed by atoms with Crippen molar-refractivity contribution < 1.29 is 47.7 Å². The van der Waals surface area contributed by atoms with Crippen LogP contribution in [0.3, 0.4) is 0 Å². The van der Waals surface area contributed by atoms with Gasteiger partial charge in [0.25, 0.3) is 0 Å². The molecule has 528 valence electrons. The van der Waals surface area contributed by atoms with Gasteiger partial charge in [0.15, 0.2) is 0 Å². The van der Waals surface area contributed by atoms with E-state index in [0.717, 1.165) is 183 Å². The Labute approximate surface area is 573 Å². The zero-order valence-electron chi connectivity index (χ0n) is 59.0. The molecule has 0 N–H and O–H groups in total. The predicted molar refractivity (Wildman–Crippen MR) is 386 cm³/mol. The van der Waals surface area contributed by atoms with Gasteiger partial charge in [-0.1, -0.05) is 227 Å². The molecule has 3 fully saturated rings. The SMILES string of the molecule is CCCCCCCCC(CCCCCCCC)OC(=O)CCCCCCCC(=O)Oc1ccc(CC(=O)OCCC2CCN(CCSSCCN3CCC(CCOC(=O)Cc4ccc(OC(=O)CCCCCCCC5CC5CCCCCCCC)cc4)CC3)CC2)cc1. The van der Waals surface area contributed by atoms with Gasteiger partial charge >= 0.3 is 29.8 Å². The molecule has 0 bridgehead atoms. The van der Waals surface area contributed by atoms with Gasteiger partial charge in [0.1, 0.15) is 17.6 Å². The summed E-state index contributed by atoms with van der Waals surface area (Å²) in [6.07, 6.45) is 48.0. The fourth-order valence-corrected chi connectivity index (χ4v) is 15.6. The van der Waals surface area contributed by atoms with Gasteiger partial charge < -0.3 is 33.5 Å². The van der Waals surface area contributed by atoms with Crippen LogP contribution in [0, 0.1) is 23.7 Å². The predicted octanol–water partition coefficient (Wildman–Crippen LogP) is 20.2. The van der Waals surface area contributed by atoms with E-state index in [4.69, 9.17) is 23.7 Å². The van der Waals surface area contributed by atoms with Crippen molar-refractivity contribution in [2.45, 2.75) is 309 Å². The summed E-state index contributed by atoms with van der Waals surface area (Å²) in [6.45, 7) is 14.3. The van der Waals surface area contributed by atoms with Crippen LogP contribution in [-0.4, -0.2) is 110 Å². The van der Waals surface area contributed by atoms with Crippen LogP contribution in [0.4, 0.5) is 0 Å². The lowest BCUT2D eigenvalue weighted by molar-refractivity contribution is -0.150. The van der Waals surface area contributed by atoms with E-state index in [2.05, 4.69) is 30.6 Å². The third kappa shape index (κ3) is 40.7. The molecular weight excluding hydrogens is 1200 g/mol. The van der Waals surface area contributed by atoms with Gasteiger partial charge in [-0.05, 0) is 175 Å². The minimum absolute atomic E-state index is 0.0513. The maximum atomic E-state index is 12.8. The van der Waals surface area contributed by atoms with Crippen molar-refractivity contribution in [2.75, 3.05) is 64.0 Å². The summed E-state index contributed by atoms with van der Waals surface area (Å²) in [5, 5.41) is 0. The topological polar surface area (TPSA) is 138 Å². The lowest BCUT2D eigenvalue weighted by atomic mass is 9.94. The van der Waals surface area contributed by atoms with Crippen LogP contribution in [0.25, 0.3) is 0 Å². The Balaban J connectivity index is 0.765. The summed E-state index contributed by atoms with van der Waals surface area (Å²) in [5.74, 6) is 5.52. The second kappa shape index (κ2) is 52.5. The number of unbranched alkanes of at least 4 members (excludes halogenated alkanes) is 23. The van der Waals surface area contributed by atoms with E-state index < -0.39 is 0 Å². The lowest BCUT2D eigenvalue weighted by Crippen LogP contribution is -2.36. The molecule has 2 atom stereocenters. The van der Waals surface area contributed by atoms with Crippen LogP contribution in [0.5, 0.6) is 11.5 Å². The van der Waals surface area contributed by atoms with Gasteiger partial charge in [-0.15, -0.1) is 0 Å². The third-order valence-corrected chi connectivity index (χ3v) is 22.2. The minimum Gasteiger partial charge on any atom is -0.465 e. The number of carbonyl (C=O) groups excluding carboxylic acids is 5. The zero-order chi connectivity index (χ0) is 66.0. The number of benzene rings is 2. The fourth-order valence-electron chi connectivity index (χ4n) is 13.6. The molecule has 2 unspecified atom stereocenters. The Hall–Kier alpha value is -3.59. The summed E-state index contributed by atoms with van der Waals surface area (Å²) < 4.78 is 28.5. The average Bonchev–Trinajstić information content (AvgIpc) is 1.87. The third-order valence-electron chi connectivity index (χ3n) is 19.8. The normalized spacial score (nSPS) is 16.4. The molecule has 3 aliphatic rings. The highest BCUT2D eigenvalue weighted by molar-refractivity contribution is 8.76. The highest BCUT2D eigenvalue weighted by Gasteiger charge is 2.35. The van der Waals surface area contributed by atoms with Crippen molar-refractivity contribution in [3.05, 3.63) is 59.7 Å². The summed E-state index contributed by atoms with van der Waals surface area (Å²) in [5.41, 5.74) is 1.70. The van der Waals surface area contributed by atoms with Crippen LogP contribution in [0.2, 0.25) is 0 Å². The number of rotatable bonds is 57. The summed E-state index contributed by atoms with van der Waals surface area (Å²) in [4.78, 5) is 68.4. The van der Waals surface area contributed by atoms with Gasteiger partial charge in [0.2, 0.25) is 0 Å². The van der Waals surface area contributed by atoms with E-state index in [1.165, 1.54) is 141 Å². The van der Waals surface area contributed by atoms with Gasteiger partial charge in [-0.3, -0.25) is 24.0 Å². The first-order valence-corrected chi connectivity index (χ1v) is 40.9. The van der Waals surface area contributed by atoms with Crippen LogP contribution in [-0.2, 0) is 51.0 Å². The smallest absolute Gasteiger partial charge is 0.311 e. The number of hydrogen-bond acceptors (Lipinski definition) is 14. The minimum atomic E-state index is -0.253. The van der Waals surface area contributed by atoms with Crippen molar-refractivity contribution in [3.8, 4) is 11.5 Å². The van der Waals surface area contributed by atoms with E-state index in [-0.39, 0.29) is 48.8 Å². The van der Waals surface area contributed by atoms with E-state index in [1.807, 2.05) is 45.9 Å². The van der Waals surface area contributed by atoms with Gasteiger partial charge in [0, 0.05) is 43.9 Å². The first kappa shape index (κ1) is 80.1. The molecule has 2 heterocycles. The maximum absolute atomic E-state index is 12.8. The fraction of sp³-hybridized carbons (Fsp3) is 0.785. The molecule has 1 aliphatic carbocycles. The summed E-state index contributed by atoms with van der Waals surface area (Å²) in [7, 11) is 3.97. The van der Waals surface area contributed by atoms with Crippen LogP contribution in [0.1, 0.15) is 302 Å². The Morgan fingerprint density at radius 1 is 0.409 bits per heavy atom. The van der Waals surface area contributed by atoms with Crippen molar-refractivity contribution in [2.24, 2.45) is 23.7 Å².